The lowest BCUT2D eigenvalue weighted by Crippen LogP contribution is -2.46. The Balaban J connectivity index is 0.000000240. The van der Waals surface area contributed by atoms with E-state index < -0.39 is 23.1 Å². The van der Waals surface area contributed by atoms with Crippen LogP contribution >= 0.6 is 0 Å². The van der Waals surface area contributed by atoms with E-state index in [1.807, 2.05) is 86.7 Å². The van der Waals surface area contributed by atoms with E-state index in [2.05, 4.69) is 0 Å². The Morgan fingerprint density at radius 2 is 1.02 bits per heavy atom. The van der Waals surface area contributed by atoms with Crippen molar-refractivity contribution in [3.63, 3.8) is 0 Å². The van der Waals surface area contributed by atoms with Gasteiger partial charge < -0.3 is 19.7 Å². The van der Waals surface area contributed by atoms with Crippen LogP contribution in [-0.4, -0.2) is 47.6 Å². The zero-order valence-corrected chi connectivity index (χ0v) is 26.6. The van der Waals surface area contributed by atoms with Gasteiger partial charge in [-0.15, -0.1) is 0 Å². The van der Waals surface area contributed by atoms with Crippen LogP contribution < -0.4 is 0 Å². The Hall–Kier alpha value is -3.74. The number of ether oxygens (including phenoxy) is 2. The average molecular weight is 601 g/mol. The van der Waals surface area contributed by atoms with Gasteiger partial charge in [-0.25, -0.2) is 9.59 Å². The number of carbonyl (C=O) groups is 2. The first-order chi connectivity index (χ1) is 21.2. The molecule has 2 N–H and O–H groups in total. The summed E-state index contributed by atoms with van der Waals surface area (Å²) in [5.74, 6) is -1.60. The van der Waals surface area contributed by atoms with Crippen LogP contribution in [0.15, 0.2) is 96.1 Å². The van der Waals surface area contributed by atoms with Crippen LogP contribution in [0.1, 0.15) is 76.3 Å². The monoisotopic (exact) mass is 600 g/mol. The Kier molecular flexibility index (Phi) is 13.4. The molecule has 2 aliphatic rings. The van der Waals surface area contributed by atoms with Crippen molar-refractivity contribution in [1.82, 2.24) is 0 Å². The normalized spacial score (nSPS) is 23.4. The third kappa shape index (κ3) is 8.67. The summed E-state index contributed by atoms with van der Waals surface area (Å²) in [6.07, 6.45) is 18.5. The Morgan fingerprint density at radius 3 is 1.34 bits per heavy atom. The first-order valence-corrected chi connectivity index (χ1v) is 15.6. The van der Waals surface area contributed by atoms with E-state index in [0.29, 0.717) is 0 Å². The minimum Gasteiger partial charge on any atom is -0.467 e. The van der Waals surface area contributed by atoms with E-state index in [9.17, 15) is 19.8 Å². The van der Waals surface area contributed by atoms with Crippen molar-refractivity contribution in [2.45, 2.75) is 76.4 Å². The van der Waals surface area contributed by atoms with Gasteiger partial charge in [0.25, 0.3) is 0 Å². The number of rotatable bonds is 8. The summed E-state index contributed by atoms with van der Waals surface area (Å²) in [5, 5.41) is 22.1. The molecular weight excluding hydrogens is 552 g/mol. The van der Waals surface area contributed by atoms with Crippen molar-refractivity contribution < 1.29 is 29.3 Å². The number of benzene rings is 2. The van der Waals surface area contributed by atoms with Crippen molar-refractivity contribution >= 4 is 24.1 Å². The van der Waals surface area contributed by atoms with Crippen LogP contribution in [0.25, 0.3) is 12.2 Å². The summed E-state index contributed by atoms with van der Waals surface area (Å²) in [6, 6.07) is 19.3. The lowest BCUT2D eigenvalue weighted by molar-refractivity contribution is -0.162. The molecule has 4 atom stereocenters. The summed E-state index contributed by atoms with van der Waals surface area (Å²) in [6.45, 7) is 3.93. The second-order valence-electron chi connectivity index (χ2n) is 11.4. The van der Waals surface area contributed by atoms with Gasteiger partial charge in [0, 0.05) is 11.8 Å². The van der Waals surface area contributed by atoms with Crippen molar-refractivity contribution in [2.24, 2.45) is 11.8 Å². The highest BCUT2D eigenvalue weighted by Crippen LogP contribution is 2.40. The van der Waals surface area contributed by atoms with Crippen LogP contribution in [0.2, 0.25) is 0 Å². The molecule has 6 nitrogen and oxygen atoms in total. The molecule has 4 rings (SSSR count). The average Bonchev–Trinajstić information content (AvgIpc) is 3.09. The predicted octanol–water partition coefficient (Wildman–Crippen LogP) is 7.48. The molecule has 2 aromatic rings. The highest BCUT2D eigenvalue weighted by molar-refractivity contribution is 5.85. The van der Waals surface area contributed by atoms with Gasteiger partial charge in [0.05, 0.1) is 14.2 Å². The highest BCUT2D eigenvalue weighted by atomic mass is 16.5. The van der Waals surface area contributed by atoms with E-state index in [-0.39, 0.29) is 11.8 Å². The maximum atomic E-state index is 12.3. The quantitative estimate of drug-likeness (QED) is 0.241. The topological polar surface area (TPSA) is 93.1 Å². The Labute approximate surface area is 262 Å². The fourth-order valence-corrected chi connectivity index (χ4v) is 6.33. The number of methoxy groups -OCH3 is 2. The fraction of sp³-hybridized carbons (Fsp3) is 0.421. The van der Waals surface area contributed by atoms with Crippen molar-refractivity contribution in [1.29, 1.82) is 0 Å². The van der Waals surface area contributed by atoms with Crippen LogP contribution in [0.3, 0.4) is 0 Å². The summed E-state index contributed by atoms with van der Waals surface area (Å²) < 4.78 is 9.76. The van der Waals surface area contributed by atoms with Gasteiger partial charge >= 0.3 is 11.9 Å². The smallest absolute Gasteiger partial charge is 0.342 e. The Bertz CT molecular complexity index is 1220. The molecule has 6 heteroatoms. The number of allylic oxidation sites excluding steroid dienone is 2. The molecule has 0 bridgehead atoms. The number of hydrogen-bond donors (Lipinski definition) is 2. The summed E-state index contributed by atoms with van der Waals surface area (Å²) in [5.41, 5.74) is 0.957. The van der Waals surface area contributed by atoms with E-state index in [4.69, 9.17) is 9.47 Å². The first kappa shape index (κ1) is 34.7. The molecule has 2 aliphatic carbocycles. The first-order valence-electron chi connectivity index (χ1n) is 15.6. The van der Waals surface area contributed by atoms with Crippen LogP contribution in [-0.2, 0) is 19.1 Å². The van der Waals surface area contributed by atoms with Gasteiger partial charge in [-0.05, 0) is 75.7 Å². The summed E-state index contributed by atoms with van der Waals surface area (Å²) >= 11 is 0. The summed E-state index contributed by atoms with van der Waals surface area (Å²) in [7, 11) is 2.64. The molecular formula is C38H48O6. The molecule has 0 saturated heterocycles. The molecule has 0 spiro atoms. The molecule has 0 unspecified atom stereocenters. The van der Waals surface area contributed by atoms with Gasteiger partial charge in [0.15, 0.2) is 11.2 Å². The van der Waals surface area contributed by atoms with Crippen molar-refractivity contribution in [2.75, 3.05) is 14.2 Å². The third-order valence-corrected chi connectivity index (χ3v) is 8.80. The zero-order valence-electron chi connectivity index (χ0n) is 26.6. The fourth-order valence-electron chi connectivity index (χ4n) is 6.33. The third-order valence-electron chi connectivity index (χ3n) is 8.80. The molecule has 236 valence electrons. The molecule has 2 aromatic carbocycles. The second kappa shape index (κ2) is 16.9. The minimum atomic E-state index is -1.60. The van der Waals surface area contributed by atoms with Gasteiger partial charge in [-0.1, -0.05) is 109 Å². The van der Waals surface area contributed by atoms with Gasteiger partial charge in [0.2, 0.25) is 0 Å². The number of esters is 2. The second-order valence-corrected chi connectivity index (χ2v) is 11.4. The predicted molar refractivity (Wildman–Crippen MR) is 176 cm³/mol. The van der Waals surface area contributed by atoms with Crippen LogP contribution in [0, 0.1) is 11.8 Å². The lowest BCUT2D eigenvalue weighted by atomic mass is 9.73. The van der Waals surface area contributed by atoms with E-state index in [0.717, 1.165) is 73.6 Å². The molecule has 0 amide bonds. The highest BCUT2D eigenvalue weighted by Gasteiger charge is 2.46. The largest absolute Gasteiger partial charge is 0.467 e. The minimum absolute atomic E-state index is 0.210. The standard InChI is InChI=1S/2C19H24O3/c2*1-3-16-11-7-8-12-17(16)19(21,18(20)22-2)14-13-15-9-5-4-6-10-15/h2*3-6,9-10,13-14,17,21H,7-8,11-12H2,1-2H3/b2*14-13+,16-3+/t2*17-,19-/m11/s1. The van der Waals surface area contributed by atoms with E-state index in [1.54, 1.807) is 24.3 Å². The molecule has 0 aliphatic heterocycles. The van der Waals surface area contributed by atoms with Crippen LogP contribution in [0.5, 0.6) is 0 Å². The number of hydrogen-bond acceptors (Lipinski definition) is 6. The number of aliphatic hydroxyl groups is 2. The van der Waals surface area contributed by atoms with Crippen molar-refractivity contribution in [3.05, 3.63) is 107 Å². The lowest BCUT2D eigenvalue weighted by Gasteiger charge is -2.36. The molecule has 0 aromatic heterocycles. The molecule has 0 heterocycles. The zero-order chi connectivity index (χ0) is 32.0. The van der Waals surface area contributed by atoms with Gasteiger partial charge in [0.1, 0.15) is 0 Å². The summed E-state index contributed by atoms with van der Waals surface area (Å²) in [4.78, 5) is 24.5. The molecule has 0 radical (unpaired) electrons. The Morgan fingerprint density at radius 1 is 0.659 bits per heavy atom. The van der Waals surface area contributed by atoms with Crippen molar-refractivity contribution in [3.8, 4) is 0 Å². The number of carbonyl (C=O) groups excluding carboxylic acids is 2. The maximum Gasteiger partial charge on any atom is 0.342 e. The molecule has 2 saturated carbocycles. The van der Waals surface area contributed by atoms with Crippen LogP contribution in [0.4, 0.5) is 0 Å². The molecule has 44 heavy (non-hydrogen) atoms. The van der Waals surface area contributed by atoms with E-state index >= 15 is 0 Å². The van der Waals surface area contributed by atoms with E-state index in [1.165, 1.54) is 14.2 Å². The maximum absolute atomic E-state index is 12.3. The SMILES string of the molecule is C/C=C1\CCCC[C@H]1[C@](O)(/C=C/c1ccccc1)C(=O)OC.C/C=C1\CCCC[C@H]1[C@](O)(/C=C/c1ccccc1)C(=O)OC. The van der Waals surface area contributed by atoms with Gasteiger partial charge in [-0.2, -0.15) is 0 Å². The van der Waals surface area contributed by atoms with Gasteiger partial charge in [-0.3, -0.25) is 0 Å². The molecule has 2 fully saturated rings.